The molecule has 5 unspecified atom stereocenters. The Balaban J connectivity index is 1.57. The van der Waals surface area contributed by atoms with Crippen LogP contribution in [0, 0.1) is 28.1 Å². The molecule has 0 aromatic heterocycles. The number of rotatable bonds is 4. The average molecular weight is 384 g/mol. The van der Waals surface area contributed by atoms with Crippen LogP contribution >= 0.6 is 0 Å². The zero-order valence-electron chi connectivity index (χ0n) is 19.2. The molecule has 0 aromatic rings. The van der Waals surface area contributed by atoms with E-state index in [2.05, 4.69) is 51.7 Å². The van der Waals surface area contributed by atoms with Gasteiger partial charge >= 0.3 is 0 Å². The first-order chi connectivity index (χ1) is 13.3. The van der Waals surface area contributed by atoms with Crippen molar-refractivity contribution < 1.29 is 0 Å². The Hall–Kier alpha value is -0.560. The summed E-state index contributed by atoms with van der Waals surface area (Å²) in [5.74, 6) is 1.65. The van der Waals surface area contributed by atoms with Crippen LogP contribution in [0.4, 0.5) is 0 Å². The summed E-state index contributed by atoms with van der Waals surface area (Å²) in [4.78, 5) is 0. The third kappa shape index (κ3) is 3.44. The molecule has 4 aliphatic rings. The standard InChI is InChI=1S/C27H45N/c1-6-25(3)18-15-23-21(19-25)13-14-24-26(4,16-10-17-27(23,24)5)20(2)28-22-11-8-7-9-12-22/h6,15,20-22,24,28H,1,7-14,16-19H2,2-5H3/t20-,21?,24?,25?,26?,27?/m1/s1. The van der Waals surface area contributed by atoms with Crippen LogP contribution in [0.25, 0.3) is 0 Å². The predicted molar refractivity (Wildman–Crippen MR) is 121 cm³/mol. The number of fused-ring (bicyclic) bond motifs is 3. The van der Waals surface area contributed by atoms with Crippen molar-refractivity contribution >= 4 is 0 Å². The van der Waals surface area contributed by atoms with Crippen LogP contribution in [-0.2, 0) is 0 Å². The van der Waals surface area contributed by atoms with Gasteiger partial charge in [0.15, 0.2) is 0 Å². The van der Waals surface area contributed by atoms with Gasteiger partial charge in [0.1, 0.15) is 0 Å². The maximum Gasteiger partial charge on any atom is 0.00981 e. The third-order valence-corrected chi connectivity index (χ3v) is 9.95. The van der Waals surface area contributed by atoms with E-state index in [4.69, 9.17) is 0 Å². The molecule has 0 saturated heterocycles. The first kappa shape index (κ1) is 20.7. The number of hydrogen-bond donors (Lipinski definition) is 1. The van der Waals surface area contributed by atoms with Crippen LogP contribution in [0.5, 0.6) is 0 Å². The Morgan fingerprint density at radius 1 is 1.04 bits per heavy atom. The van der Waals surface area contributed by atoms with E-state index >= 15 is 0 Å². The maximum absolute atomic E-state index is 4.16. The predicted octanol–water partition coefficient (Wildman–Crippen LogP) is 7.43. The molecular formula is C27H45N. The van der Waals surface area contributed by atoms with Crippen LogP contribution < -0.4 is 5.32 Å². The average Bonchev–Trinajstić information content (AvgIpc) is 2.68. The van der Waals surface area contributed by atoms with E-state index in [0.717, 1.165) is 17.9 Å². The summed E-state index contributed by atoms with van der Waals surface area (Å²) in [6, 6.07) is 1.41. The molecule has 0 radical (unpaired) electrons. The summed E-state index contributed by atoms with van der Waals surface area (Å²) < 4.78 is 0. The van der Waals surface area contributed by atoms with Gasteiger partial charge in [-0.3, -0.25) is 0 Å². The third-order valence-electron chi connectivity index (χ3n) is 9.95. The van der Waals surface area contributed by atoms with Crippen molar-refractivity contribution in [2.75, 3.05) is 0 Å². The normalized spacial score (nSPS) is 45.5. The fraction of sp³-hybridized carbons (Fsp3) is 0.852. The lowest BCUT2D eigenvalue weighted by atomic mass is 9.45. The molecule has 4 rings (SSSR count). The van der Waals surface area contributed by atoms with E-state index < -0.39 is 0 Å². The van der Waals surface area contributed by atoms with Crippen LogP contribution in [0.2, 0.25) is 0 Å². The largest absolute Gasteiger partial charge is 0.311 e. The molecule has 0 amide bonds. The maximum atomic E-state index is 4.16. The van der Waals surface area contributed by atoms with Crippen molar-refractivity contribution in [3.05, 3.63) is 24.3 Å². The Bertz CT molecular complexity index is 614. The number of hydrogen-bond acceptors (Lipinski definition) is 1. The molecule has 1 N–H and O–H groups in total. The Morgan fingerprint density at radius 3 is 2.50 bits per heavy atom. The van der Waals surface area contributed by atoms with Gasteiger partial charge in [-0.15, -0.1) is 6.58 Å². The Labute approximate surface area is 174 Å². The molecule has 0 bridgehead atoms. The zero-order chi connectivity index (χ0) is 20.0. The molecular weight excluding hydrogens is 338 g/mol. The molecule has 1 nitrogen and oxygen atoms in total. The monoisotopic (exact) mass is 383 g/mol. The molecule has 0 spiro atoms. The summed E-state index contributed by atoms with van der Waals surface area (Å²) in [5, 5.41) is 4.14. The van der Waals surface area contributed by atoms with Crippen molar-refractivity contribution in [2.24, 2.45) is 28.1 Å². The highest BCUT2D eigenvalue weighted by Gasteiger charge is 2.56. The second-order valence-corrected chi connectivity index (χ2v) is 11.8. The highest BCUT2D eigenvalue weighted by Crippen LogP contribution is 2.64. The summed E-state index contributed by atoms with van der Waals surface area (Å²) in [5.41, 5.74) is 3.04. The van der Waals surface area contributed by atoms with Crippen LogP contribution in [0.3, 0.4) is 0 Å². The second kappa shape index (κ2) is 7.60. The zero-order valence-corrected chi connectivity index (χ0v) is 19.2. The molecule has 28 heavy (non-hydrogen) atoms. The van der Waals surface area contributed by atoms with Gasteiger partial charge in [-0.05, 0) is 86.4 Å². The minimum Gasteiger partial charge on any atom is -0.311 e. The minimum absolute atomic E-state index is 0.325. The lowest BCUT2D eigenvalue weighted by molar-refractivity contribution is -0.0475. The van der Waals surface area contributed by atoms with E-state index in [0.29, 0.717) is 22.3 Å². The molecule has 0 aromatic carbocycles. The molecule has 6 atom stereocenters. The van der Waals surface area contributed by atoms with E-state index in [-0.39, 0.29) is 0 Å². The molecule has 1 heteroatoms. The molecule has 0 aliphatic heterocycles. The highest BCUT2D eigenvalue weighted by atomic mass is 15.0. The first-order valence-electron chi connectivity index (χ1n) is 12.4. The first-order valence-corrected chi connectivity index (χ1v) is 12.4. The van der Waals surface area contributed by atoms with Crippen LogP contribution in [-0.4, -0.2) is 12.1 Å². The van der Waals surface area contributed by atoms with Gasteiger partial charge in [-0.25, -0.2) is 0 Å². The fourth-order valence-corrected chi connectivity index (χ4v) is 8.00. The van der Waals surface area contributed by atoms with Gasteiger partial charge in [0, 0.05) is 12.1 Å². The molecule has 158 valence electrons. The van der Waals surface area contributed by atoms with Crippen molar-refractivity contribution in [1.29, 1.82) is 0 Å². The lowest BCUT2D eigenvalue weighted by Gasteiger charge is -2.61. The van der Waals surface area contributed by atoms with Gasteiger partial charge in [0.2, 0.25) is 0 Å². The molecule has 4 aliphatic carbocycles. The summed E-state index contributed by atoms with van der Waals surface area (Å²) >= 11 is 0. The topological polar surface area (TPSA) is 12.0 Å². The van der Waals surface area contributed by atoms with Crippen molar-refractivity contribution in [2.45, 2.75) is 117 Å². The SMILES string of the molecule is C=CC1(C)CC=C2C(CCC3C2(C)CCCC3(C)[C@@H](C)NC2CCCCC2)C1. The summed E-state index contributed by atoms with van der Waals surface area (Å²) in [7, 11) is 0. The Kier molecular flexibility index (Phi) is 5.62. The summed E-state index contributed by atoms with van der Waals surface area (Å²) in [6.45, 7) is 14.4. The van der Waals surface area contributed by atoms with Crippen LogP contribution in [0.1, 0.15) is 105 Å². The lowest BCUT2D eigenvalue weighted by Crippen LogP contribution is -2.57. The van der Waals surface area contributed by atoms with Gasteiger partial charge in [0.05, 0.1) is 0 Å². The van der Waals surface area contributed by atoms with Gasteiger partial charge in [-0.2, -0.15) is 0 Å². The number of allylic oxidation sites excluding steroid dienone is 3. The van der Waals surface area contributed by atoms with E-state index in [1.807, 2.05) is 5.57 Å². The van der Waals surface area contributed by atoms with Crippen molar-refractivity contribution in [3.63, 3.8) is 0 Å². The van der Waals surface area contributed by atoms with Gasteiger partial charge in [0.25, 0.3) is 0 Å². The van der Waals surface area contributed by atoms with Crippen molar-refractivity contribution in [3.8, 4) is 0 Å². The number of nitrogens with one attached hydrogen (secondary N) is 1. The quantitative estimate of drug-likeness (QED) is 0.498. The van der Waals surface area contributed by atoms with Crippen molar-refractivity contribution in [1.82, 2.24) is 5.32 Å². The molecule has 3 saturated carbocycles. The summed E-state index contributed by atoms with van der Waals surface area (Å²) in [6.07, 6.45) is 21.6. The molecule has 0 heterocycles. The van der Waals surface area contributed by atoms with Crippen LogP contribution in [0.15, 0.2) is 24.3 Å². The molecule has 3 fully saturated rings. The van der Waals surface area contributed by atoms with E-state index in [1.54, 1.807) is 0 Å². The fourth-order valence-electron chi connectivity index (χ4n) is 8.00. The smallest absolute Gasteiger partial charge is 0.00981 e. The second-order valence-electron chi connectivity index (χ2n) is 11.8. The Morgan fingerprint density at radius 2 is 1.79 bits per heavy atom. The highest BCUT2D eigenvalue weighted by molar-refractivity contribution is 5.28. The van der Waals surface area contributed by atoms with Gasteiger partial charge < -0.3 is 5.32 Å². The minimum atomic E-state index is 0.325. The van der Waals surface area contributed by atoms with E-state index in [1.165, 1.54) is 77.0 Å². The van der Waals surface area contributed by atoms with Gasteiger partial charge in [-0.1, -0.05) is 64.2 Å². The van der Waals surface area contributed by atoms with E-state index in [9.17, 15) is 0 Å².